The van der Waals surface area contributed by atoms with Crippen LogP contribution in [0.15, 0.2) is 42.7 Å². The van der Waals surface area contributed by atoms with E-state index in [2.05, 4.69) is 26.3 Å². The van der Waals surface area contributed by atoms with Gasteiger partial charge in [0.1, 0.15) is 0 Å². The fraction of sp³-hybridized carbons (Fsp3) is 0.333. The zero-order chi connectivity index (χ0) is 16.8. The third-order valence-corrected chi connectivity index (χ3v) is 4.25. The maximum atomic E-state index is 12.2. The number of piperidine rings is 1. The van der Waals surface area contributed by atoms with Crippen molar-refractivity contribution in [2.24, 2.45) is 5.92 Å². The molecule has 6 nitrogen and oxygen atoms in total. The minimum atomic E-state index is -0.124. The van der Waals surface area contributed by atoms with Crippen LogP contribution < -0.4 is 10.2 Å². The molecule has 122 valence electrons. The van der Waals surface area contributed by atoms with Gasteiger partial charge in [0.25, 0.3) is 5.91 Å². The second-order valence-corrected chi connectivity index (χ2v) is 5.88. The van der Waals surface area contributed by atoms with Crippen LogP contribution in [0.3, 0.4) is 0 Å². The largest absolute Gasteiger partial charge is 0.352 e. The Morgan fingerprint density at radius 2 is 2.00 bits per heavy atom. The number of nitrogens with zero attached hydrogens (tertiary/aromatic N) is 4. The van der Waals surface area contributed by atoms with Crippen molar-refractivity contribution in [3.05, 3.63) is 53.9 Å². The Morgan fingerprint density at radius 3 is 2.71 bits per heavy atom. The lowest BCUT2D eigenvalue weighted by molar-refractivity contribution is 0.0945. The Bertz CT molecular complexity index is 733. The van der Waals surface area contributed by atoms with Crippen LogP contribution in [-0.2, 0) is 0 Å². The maximum absolute atomic E-state index is 12.2. The monoisotopic (exact) mass is 321 g/mol. The molecule has 1 N–H and O–H groups in total. The summed E-state index contributed by atoms with van der Waals surface area (Å²) in [4.78, 5) is 22.9. The van der Waals surface area contributed by atoms with Crippen LogP contribution in [0.25, 0.3) is 0 Å². The van der Waals surface area contributed by atoms with Crippen molar-refractivity contribution in [1.29, 1.82) is 5.26 Å². The molecule has 1 fully saturated rings. The molecule has 1 saturated heterocycles. The van der Waals surface area contributed by atoms with Crippen LogP contribution in [0.4, 0.5) is 5.95 Å². The van der Waals surface area contributed by atoms with Crippen molar-refractivity contribution in [3.63, 3.8) is 0 Å². The van der Waals surface area contributed by atoms with Crippen LogP contribution in [0, 0.1) is 17.2 Å². The molecule has 2 heterocycles. The molecule has 0 spiro atoms. The first-order valence-electron chi connectivity index (χ1n) is 8.06. The van der Waals surface area contributed by atoms with Gasteiger partial charge in [0.05, 0.1) is 11.6 Å². The van der Waals surface area contributed by atoms with Crippen molar-refractivity contribution in [2.45, 2.75) is 12.8 Å². The number of rotatable bonds is 4. The molecule has 1 amide bonds. The fourth-order valence-corrected chi connectivity index (χ4v) is 2.86. The summed E-state index contributed by atoms with van der Waals surface area (Å²) in [7, 11) is 0. The number of nitriles is 1. The lowest BCUT2D eigenvalue weighted by Crippen LogP contribution is -2.39. The lowest BCUT2D eigenvalue weighted by Gasteiger charge is -2.31. The van der Waals surface area contributed by atoms with Crippen LogP contribution >= 0.6 is 0 Å². The topological polar surface area (TPSA) is 81.9 Å². The van der Waals surface area contributed by atoms with Gasteiger partial charge in [0.15, 0.2) is 0 Å². The van der Waals surface area contributed by atoms with Crippen LogP contribution in [0.1, 0.15) is 28.8 Å². The van der Waals surface area contributed by atoms with E-state index in [4.69, 9.17) is 5.26 Å². The summed E-state index contributed by atoms with van der Waals surface area (Å²) in [6.45, 7) is 2.45. The highest BCUT2D eigenvalue weighted by molar-refractivity contribution is 5.94. The summed E-state index contributed by atoms with van der Waals surface area (Å²) >= 11 is 0. The molecule has 2 aromatic rings. The second-order valence-electron chi connectivity index (χ2n) is 5.88. The Morgan fingerprint density at radius 1 is 1.25 bits per heavy atom. The quantitative estimate of drug-likeness (QED) is 0.931. The van der Waals surface area contributed by atoms with Gasteiger partial charge in [-0.15, -0.1) is 0 Å². The molecule has 3 rings (SSSR count). The zero-order valence-corrected chi connectivity index (χ0v) is 13.4. The normalized spacial score (nSPS) is 14.9. The van der Waals surface area contributed by atoms with Gasteiger partial charge in [-0.25, -0.2) is 9.97 Å². The Labute approximate surface area is 141 Å². The number of amides is 1. The standard InChI is InChI=1S/C18H19N5O/c19-12-15-3-1-4-16(11-15)17(24)22-13-14-5-9-23(10-6-14)18-20-7-2-8-21-18/h1-4,7-8,11,14H,5-6,9-10,13H2,(H,22,24). The van der Waals surface area contributed by atoms with E-state index in [1.165, 1.54) is 0 Å². The van der Waals surface area contributed by atoms with Crippen molar-refractivity contribution in [3.8, 4) is 6.07 Å². The smallest absolute Gasteiger partial charge is 0.251 e. The molecule has 6 heteroatoms. The van der Waals surface area contributed by atoms with Gasteiger partial charge < -0.3 is 10.2 Å². The second kappa shape index (κ2) is 7.55. The molecule has 1 aromatic carbocycles. The minimum absolute atomic E-state index is 0.124. The first kappa shape index (κ1) is 15.9. The van der Waals surface area contributed by atoms with Gasteiger partial charge in [-0.1, -0.05) is 6.07 Å². The summed E-state index contributed by atoms with van der Waals surface area (Å²) in [5.41, 5.74) is 1.03. The highest BCUT2D eigenvalue weighted by Gasteiger charge is 2.21. The van der Waals surface area contributed by atoms with Gasteiger partial charge in [-0.2, -0.15) is 5.26 Å². The number of aromatic nitrogens is 2. The number of carbonyl (C=O) groups is 1. The predicted molar refractivity (Wildman–Crippen MR) is 90.5 cm³/mol. The zero-order valence-electron chi connectivity index (χ0n) is 13.4. The van der Waals surface area contributed by atoms with Crippen LogP contribution in [-0.4, -0.2) is 35.5 Å². The van der Waals surface area contributed by atoms with Gasteiger partial charge >= 0.3 is 0 Å². The number of benzene rings is 1. The van der Waals surface area contributed by atoms with Crippen LogP contribution in [0.5, 0.6) is 0 Å². The van der Waals surface area contributed by atoms with Crippen molar-refractivity contribution < 1.29 is 4.79 Å². The van der Waals surface area contributed by atoms with E-state index in [1.807, 2.05) is 6.07 Å². The van der Waals surface area contributed by atoms with E-state index >= 15 is 0 Å². The van der Waals surface area contributed by atoms with Gasteiger partial charge in [-0.05, 0) is 43.0 Å². The van der Waals surface area contributed by atoms with Crippen LogP contribution in [0.2, 0.25) is 0 Å². The summed E-state index contributed by atoms with van der Waals surface area (Å²) in [5.74, 6) is 1.10. The van der Waals surface area contributed by atoms with E-state index in [9.17, 15) is 4.79 Å². The maximum Gasteiger partial charge on any atom is 0.251 e. The molecule has 0 aliphatic carbocycles. The summed E-state index contributed by atoms with van der Waals surface area (Å²) in [6, 6.07) is 10.6. The molecular formula is C18H19N5O. The molecule has 1 aromatic heterocycles. The van der Waals surface area contributed by atoms with Crippen molar-refractivity contribution in [1.82, 2.24) is 15.3 Å². The summed E-state index contributed by atoms with van der Waals surface area (Å²) in [6.07, 6.45) is 5.50. The number of nitrogens with one attached hydrogen (secondary N) is 1. The SMILES string of the molecule is N#Cc1cccc(C(=O)NCC2CCN(c3ncccn3)CC2)c1. The number of anilines is 1. The summed E-state index contributed by atoms with van der Waals surface area (Å²) in [5, 5.41) is 11.9. The lowest BCUT2D eigenvalue weighted by atomic mass is 9.97. The summed E-state index contributed by atoms with van der Waals surface area (Å²) < 4.78 is 0. The third-order valence-electron chi connectivity index (χ3n) is 4.25. The van der Waals surface area contributed by atoms with E-state index in [0.717, 1.165) is 31.9 Å². The molecule has 1 aliphatic rings. The van der Waals surface area contributed by atoms with E-state index in [0.29, 0.717) is 23.6 Å². The molecule has 0 radical (unpaired) electrons. The number of hydrogen-bond donors (Lipinski definition) is 1. The number of hydrogen-bond acceptors (Lipinski definition) is 5. The fourth-order valence-electron chi connectivity index (χ4n) is 2.86. The minimum Gasteiger partial charge on any atom is -0.352 e. The highest BCUT2D eigenvalue weighted by Crippen LogP contribution is 2.19. The van der Waals surface area contributed by atoms with E-state index in [1.54, 1.807) is 36.7 Å². The first-order valence-corrected chi connectivity index (χ1v) is 8.06. The van der Waals surface area contributed by atoms with E-state index < -0.39 is 0 Å². The van der Waals surface area contributed by atoms with Crippen molar-refractivity contribution in [2.75, 3.05) is 24.5 Å². The molecule has 0 atom stereocenters. The number of carbonyl (C=O) groups excluding carboxylic acids is 1. The Balaban J connectivity index is 1.48. The third kappa shape index (κ3) is 3.87. The van der Waals surface area contributed by atoms with Crippen molar-refractivity contribution >= 4 is 11.9 Å². The Hall–Kier alpha value is -2.94. The average Bonchev–Trinajstić information content (AvgIpc) is 2.67. The molecule has 0 saturated carbocycles. The predicted octanol–water partition coefficient (Wildman–Crippen LogP) is 1.99. The molecular weight excluding hydrogens is 302 g/mol. The Kier molecular flexibility index (Phi) is 5.02. The molecule has 0 bridgehead atoms. The molecule has 0 unspecified atom stereocenters. The van der Waals surface area contributed by atoms with Gasteiger partial charge in [0, 0.05) is 37.6 Å². The van der Waals surface area contributed by atoms with Gasteiger partial charge in [0.2, 0.25) is 5.95 Å². The molecule has 1 aliphatic heterocycles. The van der Waals surface area contributed by atoms with Gasteiger partial charge in [-0.3, -0.25) is 4.79 Å². The molecule has 24 heavy (non-hydrogen) atoms. The van der Waals surface area contributed by atoms with E-state index in [-0.39, 0.29) is 5.91 Å². The first-order chi connectivity index (χ1) is 11.8. The average molecular weight is 321 g/mol. The highest BCUT2D eigenvalue weighted by atomic mass is 16.1.